The predicted octanol–water partition coefficient (Wildman–Crippen LogP) is 7.04. The maximum absolute atomic E-state index is 14.0. The fourth-order valence-electron chi connectivity index (χ4n) is 8.36. The van der Waals surface area contributed by atoms with Crippen LogP contribution in [0.4, 0.5) is 0 Å². The number of phenols is 1. The lowest BCUT2D eigenvalue weighted by molar-refractivity contribution is -0.146. The number of likely N-dealkylation sites (tertiary alicyclic amines) is 1. The van der Waals surface area contributed by atoms with Crippen LogP contribution >= 0.6 is 0 Å². The number of aliphatic hydroxyl groups excluding tert-OH is 1. The smallest absolute Gasteiger partial charge is 0.317 e. The second-order valence-corrected chi connectivity index (χ2v) is 16.3. The van der Waals surface area contributed by atoms with Crippen LogP contribution in [-0.4, -0.2) is 75.3 Å². The third kappa shape index (κ3) is 11.1. The lowest BCUT2D eigenvalue weighted by atomic mass is 9.90. The number of esters is 1. The Bertz CT molecular complexity index is 2790. The van der Waals surface area contributed by atoms with E-state index >= 15 is 0 Å². The monoisotopic (exact) mass is 872 g/mol. The number of aromatic nitrogens is 3. The molecular formula is C52H52N6O7. The number of aliphatic hydroxyl groups is 1. The lowest BCUT2D eigenvalue weighted by Gasteiger charge is -2.32. The fourth-order valence-corrected chi connectivity index (χ4v) is 8.36. The molecule has 1 aliphatic heterocycles. The van der Waals surface area contributed by atoms with E-state index in [4.69, 9.17) is 14.5 Å². The molecule has 0 bridgehead atoms. The zero-order valence-electron chi connectivity index (χ0n) is 36.2. The summed E-state index contributed by atoms with van der Waals surface area (Å²) in [7, 11) is 1.53. The van der Waals surface area contributed by atoms with Crippen LogP contribution in [0.1, 0.15) is 68.7 Å². The van der Waals surface area contributed by atoms with Crippen molar-refractivity contribution in [3.05, 3.63) is 189 Å². The zero-order valence-corrected chi connectivity index (χ0v) is 36.2. The van der Waals surface area contributed by atoms with E-state index in [1.807, 2.05) is 60.7 Å². The molecule has 2 unspecified atom stereocenters. The van der Waals surface area contributed by atoms with Gasteiger partial charge in [0.15, 0.2) is 0 Å². The maximum atomic E-state index is 14.0. The van der Waals surface area contributed by atoms with Gasteiger partial charge in [-0.25, -0.2) is 4.98 Å². The number of piperidine rings is 1. The molecule has 1 amide bonds. The average molecular weight is 873 g/mol. The Morgan fingerprint density at radius 3 is 2.42 bits per heavy atom. The van der Waals surface area contributed by atoms with Gasteiger partial charge in [-0.05, 0) is 84.4 Å². The first-order valence-corrected chi connectivity index (χ1v) is 21.8. The number of methoxy groups -OCH3 is 1. The molecule has 13 nitrogen and oxygen atoms in total. The minimum Gasteiger partial charge on any atom is -0.506 e. The molecule has 0 saturated carbocycles. The Morgan fingerprint density at radius 1 is 0.862 bits per heavy atom. The summed E-state index contributed by atoms with van der Waals surface area (Å²) in [5.74, 6) is -0.528. The van der Waals surface area contributed by atoms with Gasteiger partial charge in [0.1, 0.15) is 17.4 Å². The van der Waals surface area contributed by atoms with E-state index < -0.39 is 12.0 Å². The van der Waals surface area contributed by atoms with Gasteiger partial charge in [-0.2, -0.15) is 0 Å². The first-order chi connectivity index (χ1) is 31.7. The minimum absolute atomic E-state index is 0.0795. The van der Waals surface area contributed by atoms with Crippen molar-refractivity contribution in [2.45, 2.75) is 44.5 Å². The number of ether oxygens (including phenoxy) is 2. The van der Waals surface area contributed by atoms with E-state index in [0.29, 0.717) is 52.7 Å². The molecule has 332 valence electrons. The van der Waals surface area contributed by atoms with Crippen LogP contribution in [0.2, 0.25) is 0 Å². The third-order valence-corrected chi connectivity index (χ3v) is 11.9. The number of carbonyl (C=O) groups excluding carboxylic acids is 2. The van der Waals surface area contributed by atoms with Crippen molar-refractivity contribution in [2.75, 3.05) is 33.4 Å². The number of H-pyrrole nitrogens is 1. The number of aromatic amines is 1. The summed E-state index contributed by atoms with van der Waals surface area (Å²) in [6.07, 6.45) is 4.28. The highest BCUT2D eigenvalue weighted by atomic mass is 16.5. The Labute approximate surface area is 377 Å². The van der Waals surface area contributed by atoms with Gasteiger partial charge in [0, 0.05) is 47.8 Å². The second-order valence-electron chi connectivity index (χ2n) is 16.3. The van der Waals surface area contributed by atoms with Gasteiger partial charge in [-0.15, -0.1) is 0 Å². The van der Waals surface area contributed by atoms with E-state index in [1.54, 1.807) is 42.7 Å². The molecule has 1 aliphatic rings. The molecule has 0 radical (unpaired) electrons. The largest absolute Gasteiger partial charge is 0.506 e. The highest BCUT2D eigenvalue weighted by Crippen LogP contribution is 2.31. The fraction of sp³-hybridized carbons (Fsp3) is 0.250. The van der Waals surface area contributed by atoms with Crippen molar-refractivity contribution in [3.63, 3.8) is 0 Å². The van der Waals surface area contributed by atoms with Crippen molar-refractivity contribution in [2.24, 2.45) is 5.92 Å². The highest BCUT2D eigenvalue weighted by molar-refractivity contribution is 5.94. The molecule has 8 rings (SSSR count). The van der Waals surface area contributed by atoms with Crippen LogP contribution < -0.4 is 20.9 Å². The van der Waals surface area contributed by atoms with Crippen LogP contribution in [0.3, 0.4) is 0 Å². The summed E-state index contributed by atoms with van der Waals surface area (Å²) >= 11 is 0. The van der Waals surface area contributed by atoms with Gasteiger partial charge in [0.2, 0.25) is 5.56 Å². The van der Waals surface area contributed by atoms with Crippen LogP contribution in [0.5, 0.6) is 11.5 Å². The van der Waals surface area contributed by atoms with E-state index in [1.165, 1.54) is 24.8 Å². The molecular weight excluding hydrogens is 821 g/mol. The normalized spacial score (nSPS) is 14.1. The topological polar surface area (TPSA) is 179 Å². The van der Waals surface area contributed by atoms with E-state index in [9.17, 15) is 24.6 Å². The number of benzene rings is 5. The van der Waals surface area contributed by atoms with Crippen LogP contribution in [0, 0.1) is 5.92 Å². The summed E-state index contributed by atoms with van der Waals surface area (Å²) in [5, 5.41) is 27.9. The van der Waals surface area contributed by atoms with Crippen LogP contribution in [-0.2, 0) is 29.2 Å². The van der Waals surface area contributed by atoms with Gasteiger partial charge < -0.3 is 35.3 Å². The molecule has 13 heteroatoms. The Kier molecular flexibility index (Phi) is 14.3. The summed E-state index contributed by atoms with van der Waals surface area (Å²) in [6.45, 7) is 3.87. The molecule has 0 spiro atoms. The number of hydrogen-bond donors (Lipinski definition) is 5. The Morgan fingerprint density at radius 2 is 1.63 bits per heavy atom. The maximum Gasteiger partial charge on any atom is 0.317 e. The average Bonchev–Trinajstić information content (AvgIpc) is 3.34. The molecule has 2 atom stereocenters. The van der Waals surface area contributed by atoms with Crippen molar-refractivity contribution in [1.82, 2.24) is 30.5 Å². The molecule has 1 saturated heterocycles. The lowest BCUT2D eigenvalue weighted by Crippen LogP contribution is -2.35. The molecule has 5 N–H and O–H groups in total. The molecule has 1 fully saturated rings. The number of rotatable bonds is 17. The number of aromatic hydroxyl groups is 1. The number of amides is 1. The molecule has 3 heterocycles. The Hall–Kier alpha value is -7.19. The number of nitrogens with zero attached hydrogens (tertiary/aromatic N) is 3. The summed E-state index contributed by atoms with van der Waals surface area (Å²) < 4.78 is 11.7. The van der Waals surface area contributed by atoms with Gasteiger partial charge in [-0.3, -0.25) is 24.3 Å². The molecule has 5 aromatic carbocycles. The van der Waals surface area contributed by atoms with E-state index in [2.05, 4.69) is 49.8 Å². The second kappa shape index (κ2) is 21.0. The van der Waals surface area contributed by atoms with Gasteiger partial charge in [-0.1, -0.05) is 91.0 Å². The SMILES string of the molecule is COc1cc(C(=O)NCc2cncc(-c3cccc(C(C(=O)OCC4CCN(Cc5ccccc5)CC4)c4ccccc4)c3)n2)ccc1CNCC(O)c1ccc(O)c2[nH]c(=O)ccc12. The molecule has 7 aromatic rings. The first kappa shape index (κ1) is 44.4. The van der Waals surface area contributed by atoms with Gasteiger partial charge >= 0.3 is 5.97 Å². The number of pyridine rings is 1. The predicted molar refractivity (Wildman–Crippen MR) is 248 cm³/mol. The highest BCUT2D eigenvalue weighted by Gasteiger charge is 2.27. The number of phenolic OH excluding ortho intramolecular Hbond substituents is 1. The van der Waals surface area contributed by atoms with Gasteiger partial charge in [0.25, 0.3) is 5.91 Å². The summed E-state index contributed by atoms with van der Waals surface area (Å²) in [4.78, 5) is 53.4. The van der Waals surface area contributed by atoms with E-state index in [0.717, 1.165) is 54.7 Å². The minimum atomic E-state index is -0.935. The number of hydrogen-bond acceptors (Lipinski definition) is 11. The quantitative estimate of drug-likeness (QED) is 0.0593. The number of carbonyl (C=O) groups is 2. The number of nitrogens with one attached hydrogen (secondary N) is 3. The van der Waals surface area contributed by atoms with Crippen molar-refractivity contribution < 1.29 is 29.3 Å². The van der Waals surface area contributed by atoms with Crippen LogP contribution in [0.15, 0.2) is 145 Å². The van der Waals surface area contributed by atoms with E-state index in [-0.39, 0.29) is 41.8 Å². The van der Waals surface area contributed by atoms with Gasteiger partial charge in [0.05, 0.1) is 55.7 Å². The standard InChI is InChI=1S/C52H52N6O7/c1-64-47-26-39(15-16-40(47)27-53-31-46(60)42-17-19-45(59)50-43(42)18-20-48(61)57-50)51(62)55-29-41-28-54-30-44(56-41)37-13-8-14-38(25-37)49(36-11-6-3-7-12-36)52(63)65-33-35-21-23-58(24-22-35)32-34-9-4-2-5-10-34/h2-20,25-26,28,30,35,46,49,53,59-60H,21-24,27,29,31-33H2,1H3,(H,55,62)(H,57,61). The molecule has 65 heavy (non-hydrogen) atoms. The summed E-state index contributed by atoms with van der Waals surface area (Å²) in [5.41, 5.74) is 6.48. The first-order valence-electron chi connectivity index (χ1n) is 21.8. The van der Waals surface area contributed by atoms with Crippen molar-refractivity contribution >= 4 is 22.8 Å². The van der Waals surface area contributed by atoms with Crippen LogP contribution in [0.25, 0.3) is 22.2 Å². The summed E-state index contributed by atoms with van der Waals surface area (Å²) in [6, 6.07) is 39.0. The number of fused-ring (bicyclic) bond motifs is 1. The zero-order chi connectivity index (χ0) is 45.1. The Balaban J connectivity index is 0.871. The van der Waals surface area contributed by atoms with Crippen molar-refractivity contribution in [1.29, 1.82) is 0 Å². The third-order valence-electron chi connectivity index (χ3n) is 11.9. The molecule has 2 aromatic heterocycles. The molecule has 0 aliphatic carbocycles. The van der Waals surface area contributed by atoms with Crippen molar-refractivity contribution in [3.8, 4) is 22.8 Å².